The second kappa shape index (κ2) is 49.7. The number of aromatic carboxylic acids is 3. The summed E-state index contributed by atoms with van der Waals surface area (Å²) in [5, 5.41) is 35.7. The van der Waals surface area contributed by atoms with Crippen LogP contribution in [-0.4, -0.2) is 274 Å². The molecule has 6 rings (SSSR count). The van der Waals surface area contributed by atoms with Crippen molar-refractivity contribution in [3.8, 4) is 0 Å². The number of hydrogen-bond acceptors (Lipinski definition) is 23. The van der Waals surface area contributed by atoms with Gasteiger partial charge in [0.05, 0.1) is 63.3 Å². The van der Waals surface area contributed by atoms with Gasteiger partial charge in [-0.15, -0.1) is 0 Å². The summed E-state index contributed by atoms with van der Waals surface area (Å²) in [5.41, 5.74) is -1.18. The molecule has 0 saturated heterocycles. The maximum Gasteiger partial charge on any atom is 0.338 e. The highest BCUT2D eigenvalue weighted by atomic mass is 16.6. The van der Waals surface area contributed by atoms with Gasteiger partial charge in [-0.1, -0.05) is 18.2 Å². The summed E-state index contributed by atoms with van der Waals surface area (Å²) >= 11 is 0. The molecule has 32 nitrogen and oxygen atoms in total. The third-order valence-corrected chi connectivity index (χ3v) is 16.1. The van der Waals surface area contributed by atoms with Crippen molar-refractivity contribution in [3.05, 3.63) is 211 Å². The zero-order chi connectivity index (χ0) is 97.2. The second-order valence-electron chi connectivity index (χ2n) is 34.6. The van der Waals surface area contributed by atoms with Crippen LogP contribution in [0.5, 0.6) is 0 Å². The number of aliphatic hydroxyl groups is 1. The molecule has 0 unspecified atom stereocenters. The van der Waals surface area contributed by atoms with Gasteiger partial charge in [-0.3, -0.25) is 28.8 Å². The van der Waals surface area contributed by atoms with E-state index in [1.54, 1.807) is 262 Å². The van der Waals surface area contributed by atoms with Crippen LogP contribution in [0.2, 0.25) is 0 Å². The number of hydrogen-bond donors (Lipinski definition) is 4. The van der Waals surface area contributed by atoms with Crippen LogP contribution in [0, 0.1) is 0 Å². The van der Waals surface area contributed by atoms with Crippen LogP contribution < -0.4 is 0 Å². The van der Waals surface area contributed by atoms with E-state index in [0.29, 0.717) is 83.8 Å². The van der Waals surface area contributed by atoms with Crippen LogP contribution in [-0.2, 0) is 33.2 Å². The van der Waals surface area contributed by atoms with Crippen LogP contribution >= 0.6 is 0 Å². The fourth-order valence-corrected chi connectivity index (χ4v) is 10.3. The lowest BCUT2D eigenvalue weighted by molar-refractivity contribution is 0.00567. The molecule has 0 aliphatic carbocycles. The third kappa shape index (κ3) is 40.7. The first-order chi connectivity index (χ1) is 57.9. The summed E-state index contributed by atoms with van der Waals surface area (Å²) < 4.78 is 36.5. The highest BCUT2D eigenvalue weighted by Crippen LogP contribution is 2.24. The molecule has 32 heteroatoms. The first-order valence-electron chi connectivity index (χ1n) is 40.4. The number of carboxylic acids is 3. The second-order valence-corrected chi connectivity index (χ2v) is 34.6. The fraction of sp³-hybridized carbons (Fsp3) is 0.457. The summed E-state index contributed by atoms with van der Waals surface area (Å²) in [7, 11) is 11.3. The molecule has 0 aliphatic rings. The summed E-state index contributed by atoms with van der Waals surface area (Å²) in [5.74, 6) is -8.48. The van der Waals surface area contributed by atoms with Gasteiger partial charge < -0.3 is 83.0 Å². The van der Waals surface area contributed by atoms with E-state index >= 15 is 0 Å². The molecule has 0 spiro atoms. The normalized spacial score (nSPS) is 11.0. The minimum atomic E-state index is -1.31. The van der Waals surface area contributed by atoms with Gasteiger partial charge in [-0.05, 0) is 262 Å². The molecule has 6 amide bonds. The molecule has 0 radical (unpaired) electrons. The molecule has 0 atom stereocenters. The molecule has 6 aromatic rings. The Morgan fingerprint density at radius 2 is 0.460 bits per heavy atom. The smallest absolute Gasteiger partial charge is 0.338 e. The summed E-state index contributed by atoms with van der Waals surface area (Å²) in [6.07, 6.45) is 0. The lowest BCUT2D eigenvalue weighted by Gasteiger charge is -2.23. The van der Waals surface area contributed by atoms with Gasteiger partial charge in [0.2, 0.25) is 0 Å². The van der Waals surface area contributed by atoms with Crippen molar-refractivity contribution < 1.29 is 126 Å². The van der Waals surface area contributed by atoms with Crippen LogP contribution in [0.15, 0.2) is 127 Å². The number of carbonyl (C=O) groups excluding carboxylic acids is 12. The van der Waals surface area contributed by atoms with E-state index in [1.165, 1.54) is 51.1 Å². The highest BCUT2D eigenvalue weighted by molar-refractivity contribution is 6.06. The molecular formula is C94H128N6O26. The molecule has 126 heavy (non-hydrogen) atoms. The average molecular weight is 1760 g/mol. The molecule has 690 valence electrons. The first-order valence-corrected chi connectivity index (χ1v) is 40.4. The van der Waals surface area contributed by atoms with Gasteiger partial charge in [0, 0.05) is 122 Å². The van der Waals surface area contributed by atoms with E-state index in [1.807, 2.05) is 27.7 Å². The predicted octanol–water partition coefficient (Wildman–Crippen LogP) is 14.1. The molecule has 0 fully saturated rings. The van der Waals surface area contributed by atoms with Crippen molar-refractivity contribution in [2.75, 3.05) is 102 Å². The van der Waals surface area contributed by atoms with Crippen molar-refractivity contribution in [1.29, 1.82) is 0 Å². The Morgan fingerprint density at radius 3 is 0.690 bits per heavy atom. The van der Waals surface area contributed by atoms with Crippen molar-refractivity contribution in [2.24, 2.45) is 0 Å². The first kappa shape index (κ1) is 111. The predicted molar refractivity (Wildman–Crippen MR) is 474 cm³/mol. The molecule has 0 aromatic heterocycles. The minimum Gasteiger partial charge on any atom is -0.478 e. The molecular weight excluding hydrogens is 1630 g/mol. The van der Waals surface area contributed by atoms with Crippen LogP contribution in [0.3, 0.4) is 0 Å². The molecule has 0 aliphatic heterocycles. The van der Waals surface area contributed by atoms with E-state index < -0.39 is 87.3 Å². The number of likely N-dealkylation sites (N-methyl/N-ethyl adjacent to an activating group) is 2. The standard InChI is InChI=1S/C21H32N2O4.C16H23NO4.C15H19NO5.C15H21NO4.C14H19NO3.C13H14O6/c1-8-22(9-2)18(24)15-12-16(19(25)23(10-3)11-4)14-17(13-15)20(26)27-21(5,6)7;1-16(2,3)21-15(19)13-8-6-7-12(11-13)14(18)17(4)9-10-20-5;1-15(2,3)21-14(20)11-7-9(12(17)16(4)5)6-10(8-11)13(18)19;1-15(2,3)20-14(19)12-7-5-6-11(10-12)13(18)16(4)8-9-17;1-14(2,3)18-13(17)11-8-6-7-10(9-11)12(16)15(4)5;1-13(2,3)19-12(18)9-5-7(10(14)15)4-8(6-9)11(16)17/h12-14H,8-11H2,1-7H3;6-8,11H,9-10H2,1-5H3;6-8H,1-5H3,(H,18,19);5-7,10,17H,8-9H2,1-4H3;6-9H,1-5H3;4-6H,1-3H3,(H,14,15)(H,16,17). The minimum absolute atomic E-state index is 0.0371. The quantitative estimate of drug-likeness (QED) is 0.0323. The van der Waals surface area contributed by atoms with Crippen molar-refractivity contribution in [1.82, 2.24) is 29.4 Å². The number of nitrogens with zero attached hydrogens (tertiary/aromatic N) is 6. The van der Waals surface area contributed by atoms with Gasteiger partial charge in [0.25, 0.3) is 35.4 Å². The molecule has 4 N–H and O–H groups in total. The average Bonchev–Trinajstić information content (AvgIpc) is 0.822. The Hall–Kier alpha value is -12.7. The number of methoxy groups -OCH3 is 1. The van der Waals surface area contributed by atoms with Gasteiger partial charge in [0.1, 0.15) is 33.6 Å². The Morgan fingerprint density at radius 1 is 0.270 bits per heavy atom. The third-order valence-electron chi connectivity index (χ3n) is 16.1. The fourth-order valence-electron chi connectivity index (χ4n) is 10.3. The zero-order valence-electron chi connectivity index (χ0n) is 78.2. The SMILES string of the molecule is CC(C)(C)OC(=O)c1cc(C(=O)O)cc(C(=O)O)c1.CCN(CC)C(=O)c1cc(C(=O)OC(C)(C)C)cc(C(=O)N(CC)CC)c1.CN(C)C(=O)c1cc(C(=O)O)cc(C(=O)OC(C)(C)C)c1.CN(C)C(=O)c1cccc(C(=O)OC(C)(C)C)c1.CN(CCO)C(=O)c1cccc(C(=O)OC(C)(C)C)c1.COCCN(C)C(=O)c1cccc(C(=O)OC(C)(C)C)c1. The van der Waals surface area contributed by atoms with Crippen LogP contribution in [0.25, 0.3) is 0 Å². The van der Waals surface area contributed by atoms with Crippen molar-refractivity contribution in [2.45, 2.75) is 186 Å². The molecule has 0 saturated carbocycles. The Balaban J connectivity index is 0.000000760. The largest absolute Gasteiger partial charge is 0.478 e. The van der Waals surface area contributed by atoms with E-state index in [4.69, 9.17) is 53.6 Å². The Bertz CT molecular complexity index is 4730. The van der Waals surface area contributed by atoms with Gasteiger partial charge >= 0.3 is 53.7 Å². The van der Waals surface area contributed by atoms with Gasteiger partial charge in [-0.2, -0.15) is 0 Å². The lowest BCUT2D eigenvalue weighted by Crippen LogP contribution is -2.33. The summed E-state index contributed by atoms with van der Waals surface area (Å²) in [6, 6.07) is 31.0. The lowest BCUT2D eigenvalue weighted by atomic mass is 10.0. The number of benzene rings is 6. The van der Waals surface area contributed by atoms with Crippen LogP contribution in [0.4, 0.5) is 0 Å². The molecule has 6 aromatic carbocycles. The maximum atomic E-state index is 12.8. The van der Waals surface area contributed by atoms with E-state index in [-0.39, 0.29) is 87.5 Å². The molecule has 0 bridgehead atoms. The van der Waals surface area contributed by atoms with Gasteiger partial charge in [0.15, 0.2) is 0 Å². The number of carbonyl (C=O) groups is 15. The Labute approximate surface area is 739 Å². The number of carboxylic acid groups (broad SMARTS) is 3. The van der Waals surface area contributed by atoms with E-state index in [2.05, 4.69) is 0 Å². The summed E-state index contributed by atoms with van der Waals surface area (Å²) in [6.45, 7) is 42.5. The maximum absolute atomic E-state index is 12.8. The zero-order valence-corrected chi connectivity index (χ0v) is 78.2. The van der Waals surface area contributed by atoms with Gasteiger partial charge in [-0.25, -0.2) is 43.2 Å². The van der Waals surface area contributed by atoms with E-state index in [0.717, 1.165) is 18.2 Å². The van der Waals surface area contributed by atoms with Crippen LogP contribution in [0.1, 0.15) is 308 Å². The summed E-state index contributed by atoms with van der Waals surface area (Å²) in [4.78, 5) is 188. The van der Waals surface area contributed by atoms with E-state index in [9.17, 15) is 71.9 Å². The Kier molecular flexibility index (Phi) is 43.9. The number of rotatable bonds is 24. The molecule has 0 heterocycles. The number of ether oxygens (including phenoxy) is 7. The van der Waals surface area contributed by atoms with Crippen molar-refractivity contribution in [3.63, 3.8) is 0 Å². The monoisotopic (exact) mass is 1760 g/mol. The number of amides is 6. The van der Waals surface area contributed by atoms with Crippen molar-refractivity contribution >= 4 is 89.2 Å². The highest BCUT2D eigenvalue weighted by Gasteiger charge is 2.29. The number of esters is 6. The number of aliphatic hydroxyl groups excluding tert-OH is 1. The topological polar surface area (TPSA) is 421 Å².